The summed E-state index contributed by atoms with van der Waals surface area (Å²) in [4.78, 5) is 37.2. The molecule has 6 N–H and O–H groups in total. The molecular formula is C20H21N6O8P. The number of benzene rings is 1. The molecule has 1 aromatic carbocycles. The van der Waals surface area contributed by atoms with Gasteiger partial charge >= 0.3 is 13.8 Å². The number of fused-ring (bicyclic) bond motifs is 2. The van der Waals surface area contributed by atoms with Crippen molar-refractivity contribution < 1.29 is 38.3 Å². The van der Waals surface area contributed by atoms with Gasteiger partial charge in [0.05, 0.1) is 19.4 Å². The van der Waals surface area contributed by atoms with E-state index in [4.69, 9.17) is 15.0 Å². The van der Waals surface area contributed by atoms with Gasteiger partial charge in [0.25, 0.3) is 0 Å². The summed E-state index contributed by atoms with van der Waals surface area (Å²) in [6.07, 6.45) is -1.43. The van der Waals surface area contributed by atoms with Gasteiger partial charge < -0.3 is 30.2 Å². The Morgan fingerprint density at radius 1 is 1.23 bits per heavy atom. The number of aromatic amines is 1. The van der Waals surface area contributed by atoms with Gasteiger partial charge in [0, 0.05) is 17.1 Å². The van der Waals surface area contributed by atoms with Gasteiger partial charge in [-0.05, 0) is 11.6 Å². The Kier molecular flexibility index (Phi) is 6.01. The highest BCUT2D eigenvalue weighted by atomic mass is 31.2. The van der Waals surface area contributed by atoms with E-state index < -0.39 is 44.9 Å². The number of phosphoric acid groups is 1. The molecule has 1 fully saturated rings. The van der Waals surface area contributed by atoms with Gasteiger partial charge in [-0.3, -0.25) is 18.8 Å². The Labute approximate surface area is 196 Å². The molecule has 1 aliphatic heterocycles. The van der Waals surface area contributed by atoms with Crippen LogP contribution in [0.1, 0.15) is 11.8 Å². The van der Waals surface area contributed by atoms with E-state index in [9.17, 15) is 24.5 Å². The lowest BCUT2D eigenvalue weighted by Crippen LogP contribution is -2.33. The number of H-pyrrole nitrogens is 1. The average Bonchev–Trinajstić information content (AvgIpc) is 3.50. The molecule has 5 atom stereocenters. The number of aromatic nitrogens is 5. The molecule has 1 saturated heterocycles. The molecule has 0 saturated carbocycles. The molecule has 1 unspecified atom stereocenters. The maximum atomic E-state index is 12.3. The van der Waals surface area contributed by atoms with E-state index in [2.05, 4.69) is 24.5 Å². The number of hydrogen-bond acceptors (Lipinski definition) is 11. The summed E-state index contributed by atoms with van der Waals surface area (Å²) >= 11 is 0. The molecule has 0 amide bonds. The van der Waals surface area contributed by atoms with Crippen LogP contribution in [0, 0.1) is 0 Å². The summed E-state index contributed by atoms with van der Waals surface area (Å²) in [5.74, 6) is -0.856. The molecule has 4 aromatic rings. The predicted molar refractivity (Wildman–Crippen MR) is 120 cm³/mol. The highest BCUT2D eigenvalue weighted by Crippen LogP contribution is 2.45. The zero-order chi connectivity index (χ0) is 24.7. The molecule has 4 heterocycles. The quantitative estimate of drug-likeness (QED) is 0.217. The smallest absolute Gasteiger partial charge is 0.387 e. The van der Waals surface area contributed by atoms with E-state index in [1.807, 2.05) is 12.1 Å². The van der Waals surface area contributed by atoms with Crippen LogP contribution in [0.15, 0.2) is 43.1 Å². The Hall–Kier alpha value is -3.39. The fourth-order valence-electron chi connectivity index (χ4n) is 3.94. The molecule has 0 bridgehead atoms. The molecule has 0 radical (unpaired) electrons. The van der Waals surface area contributed by atoms with Crippen LogP contribution >= 0.6 is 7.82 Å². The fraction of sp³-hybridized carbons (Fsp3) is 0.300. The number of ether oxygens (including phenoxy) is 1. The van der Waals surface area contributed by atoms with E-state index in [1.54, 1.807) is 18.3 Å². The second-order valence-corrected chi connectivity index (χ2v) is 9.27. The molecule has 3 aromatic heterocycles. The van der Waals surface area contributed by atoms with E-state index >= 15 is 0 Å². The van der Waals surface area contributed by atoms with Crippen molar-refractivity contribution in [1.29, 1.82) is 0 Å². The molecule has 14 nitrogen and oxygen atoms in total. The van der Waals surface area contributed by atoms with E-state index in [-0.39, 0.29) is 23.4 Å². The largest absolute Gasteiger partial charge is 0.529 e. The lowest BCUT2D eigenvalue weighted by atomic mass is 10.1. The van der Waals surface area contributed by atoms with Gasteiger partial charge in [0.2, 0.25) is 0 Å². The highest BCUT2D eigenvalue weighted by Gasteiger charge is 2.45. The van der Waals surface area contributed by atoms with Crippen molar-refractivity contribution in [3.8, 4) is 0 Å². The van der Waals surface area contributed by atoms with Crippen LogP contribution in [-0.2, 0) is 29.6 Å². The highest BCUT2D eigenvalue weighted by molar-refractivity contribution is 7.48. The maximum Gasteiger partial charge on any atom is 0.529 e. The summed E-state index contributed by atoms with van der Waals surface area (Å²) in [6.45, 7) is -0.646. The standard InChI is InChI=1S/C20H21N6O8P/c21-18-15-19(24-8-23-18)26(9-25-15)20-17(29)16(28)13(33-20)7-32-35(30,31)34-14(27)5-10-6-22-12-4-2-1-3-11(10)12/h1-4,6,8-9,13,16-17,20,22,28-29H,5,7H2,(H,30,31)(H2,21,23,24)/t13-,16-,17-,20-/m1/s1. The minimum atomic E-state index is -4.84. The third-order valence-corrected chi connectivity index (χ3v) is 6.54. The average molecular weight is 504 g/mol. The number of nitrogens with one attached hydrogen (secondary N) is 1. The summed E-state index contributed by atoms with van der Waals surface area (Å²) in [7, 11) is -4.84. The predicted octanol–water partition coefficient (Wildman–Crippen LogP) is 0.412. The molecule has 0 aliphatic carbocycles. The second kappa shape index (κ2) is 9.00. The van der Waals surface area contributed by atoms with Gasteiger partial charge in [-0.1, -0.05) is 18.2 Å². The minimum absolute atomic E-state index is 0.123. The van der Waals surface area contributed by atoms with Gasteiger partial charge in [-0.15, -0.1) is 0 Å². The number of nitrogens with two attached hydrogens (primary N) is 1. The molecule has 184 valence electrons. The second-order valence-electron chi connectivity index (χ2n) is 7.89. The van der Waals surface area contributed by atoms with Gasteiger partial charge in [0.1, 0.15) is 30.2 Å². The molecule has 5 rings (SSSR count). The Morgan fingerprint density at radius 3 is 2.86 bits per heavy atom. The number of imidazole rings is 1. The molecular weight excluding hydrogens is 483 g/mol. The normalized spacial score (nSPS) is 24.1. The van der Waals surface area contributed by atoms with Crippen LogP contribution in [0.25, 0.3) is 22.1 Å². The third kappa shape index (κ3) is 4.50. The van der Waals surface area contributed by atoms with Crippen LogP contribution in [0.2, 0.25) is 0 Å². The van der Waals surface area contributed by atoms with Crippen LogP contribution in [-0.4, -0.2) is 70.5 Å². The molecule has 0 spiro atoms. The SMILES string of the molecule is Nc1ncnc2c1ncn2[C@@H]1O[C@H](COP(=O)(O)OC(=O)Cc2c[nH]c3ccccc23)[C@@H](O)[C@H]1O. The Bertz CT molecular complexity index is 1440. The van der Waals surface area contributed by atoms with Crippen molar-refractivity contribution in [3.63, 3.8) is 0 Å². The maximum absolute atomic E-state index is 12.3. The van der Waals surface area contributed by atoms with Crippen molar-refractivity contribution in [2.24, 2.45) is 0 Å². The van der Waals surface area contributed by atoms with Crippen LogP contribution < -0.4 is 5.73 Å². The van der Waals surface area contributed by atoms with Crippen molar-refractivity contribution in [2.75, 3.05) is 12.3 Å². The first-order chi connectivity index (χ1) is 16.7. The zero-order valence-electron chi connectivity index (χ0n) is 18.0. The lowest BCUT2D eigenvalue weighted by Gasteiger charge is -2.17. The Balaban J connectivity index is 1.21. The van der Waals surface area contributed by atoms with Gasteiger partial charge in [-0.2, -0.15) is 0 Å². The summed E-state index contributed by atoms with van der Waals surface area (Å²) in [5, 5.41) is 21.6. The summed E-state index contributed by atoms with van der Waals surface area (Å²) < 4.78 is 28.8. The van der Waals surface area contributed by atoms with E-state index in [0.29, 0.717) is 5.56 Å². The number of hydrogen-bond donors (Lipinski definition) is 5. The number of para-hydroxylation sites is 1. The van der Waals surface area contributed by atoms with E-state index in [1.165, 1.54) is 17.2 Å². The fourth-order valence-corrected chi connectivity index (χ4v) is 4.65. The summed E-state index contributed by atoms with van der Waals surface area (Å²) in [5.41, 5.74) is 7.69. The third-order valence-electron chi connectivity index (χ3n) is 5.63. The number of nitrogens with zero attached hydrogens (tertiary/aromatic N) is 4. The van der Waals surface area contributed by atoms with Gasteiger partial charge in [0.15, 0.2) is 17.7 Å². The number of aliphatic hydroxyl groups is 2. The number of carbonyl (C=O) groups is 1. The van der Waals surface area contributed by atoms with Crippen LogP contribution in [0.3, 0.4) is 0 Å². The molecule has 1 aliphatic rings. The first-order valence-corrected chi connectivity index (χ1v) is 11.9. The van der Waals surface area contributed by atoms with Crippen LogP contribution in [0.5, 0.6) is 0 Å². The van der Waals surface area contributed by atoms with Crippen molar-refractivity contribution in [3.05, 3.63) is 48.7 Å². The Morgan fingerprint density at radius 2 is 2.03 bits per heavy atom. The van der Waals surface area contributed by atoms with Gasteiger partial charge in [-0.25, -0.2) is 19.5 Å². The minimum Gasteiger partial charge on any atom is -0.387 e. The zero-order valence-corrected chi connectivity index (χ0v) is 18.9. The topological polar surface area (TPSA) is 208 Å². The lowest BCUT2D eigenvalue weighted by molar-refractivity contribution is -0.135. The van der Waals surface area contributed by atoms with Crippen molar-refractivity contribution in [1.82, 2.24) is 24.5 Å². The number of rotatable bonds is 7. The van der Waals surface area contributed by atoms with Crippen molar-refractivity contribution >= 4 is 41.7 Å². The monoisotopic (exact) mass is 504 g/mol. The van der Waals surface area contributed by atoms with E-state index in [0.717, 1.165) is 10.9 Å². The molecule has 35 heavy (non-hydrogen) atoms. The number of anilines is 1. The number of aliphatic hydroxyl groups excluding tert-OH is 2. The first kappa shape index (κ1) is 23.4. The molecule has 15 heteroatoms. The van der Waals surface area contributed by atoms with Crippen LogP contribution in [0.4, 0.5) is 5.82 Å². The number of nitrogen functional groups attached to an aromatic ring is 1. The number of carbonyl (C=O) groups excluding carboxylic acids is 1. The number of phosphoric ester groups is 1. The van der Waals surface area contributed by atoms with Crippen molar-refractivity contribution in [2.45, 2.75) is 31.0 Å². The first-order valence-electron chi connectivity index (χ1n) is 10.4. The summed E-state index contributed by atoms with van der Waals surface area (Å²) in [6, 6.07) is 7.26.